The molecule has 0 spiro atoms. The fourth-order valence-electron chi connectivity index (χ4n) is 6.20. The largest absolute Gasteiger partial charge is 0.126 e. The number of hydrogen-bond donors (Lipinski definition) is 0. The van der Waals surface area contributed by atoms with Crippen LogP contribution in [0.5, 0.6) is 0 Å². The molecule has 0 amide bonds. The van der Waals surface area contributed by atoms with Gasteiger partial charge in [0, 0.05) is 22.0 Å². The summed E-state index contributed by atoms with van der Waals surface area (Å²) in [5, 5.41) is 0. The highest BCUT2D eigenvalue weighted by Gasteiger charge is 2.52. The molecule has 0 fully saturated rings. The van der Waals surface area contributed by atoms with Gasteiger partial charge in [-0.05, 0) is 65.7 Å². The second-order valence-electron chi connectivity index (χ2n) is 11.1. The summed E-state index contributed by atoms with van der Waals surface area (Å²) in [5.74, 6) is 3.17. The van der Waals surface area contributed by atoms with Gasteiger partial charge in [0.15, 0.2) is 0 Å². The number of benzene rings is 1. The first-order chi connectivity index (χ1) is 16.1. The third kappa shape index (κ3) is 4.40. The van der Waals surface area contributed by atoms with Crippen molar-refractivity contribution in [1.29, 1.82) is 0 Å². The topological polar surface area (TPSA) is 0 Å². The molecule has 4 rings (SSSR count). The van der Waals surface area contributed by atoms with Gasteiger partial charge in [-0.15, -0.1) is 11.8 Å². The fourth-order valence-corrected chi connectivity index (χ4v) is 7.55. The first kappa shape index (κ1) is 24.9. The molecule has 0 nitrogen and oxygen atoms in total. The first-order valence-corrected chi connectivity index (χ1v) is 13.6. The Morgan fingerprint density at radius 2 is 1.91 bits per heavy atom. The summed E-state index contributed by atoms with van der Waals surface area (Å²) >= 11 is 1.97. The Hall–Kier alpha value is -2.25. The van der Waals surface area contributed by atoms with E-state index in [4.69, 9.17) is 0 Å². The standard InChI is InChI=1S/C33H40S/c1-9-23(5)25-15-16-28(31-20-33(31,8)29-14-12-11-13-24(29)6)30(18-25)32(7)19-27(10-2)34-21-26(32)17-22(3)4/h9-16,18-20,22,26,28,30H,1-2,5,17,21H2,3-4,6-8H3/t26-,28?,30+,32+,33-/m1/s1. The molecular formula is C33H40S. The molecule has 0 N–H and O–H groups in total. The van der Waals surface area contributed by atoms with Crippen LogP contribution in [0.25, 0.3) is 0 Å². The molecule has 178 valence electrons. The lowest BCUT2D eigenvalue weighted by molar-refractivity contribution is 0.153. The summed E-state index contributed by atoms with van der Waals surface area (Å²) in [7, 11) is 0. The molecule has 2 aliphatic carbocycles. The van der Waals surface area contributed by atoms with Crippen LogP contribution in [0.15, 0.2) is 108 Å². The molecule has 0 radical (unpaired) electrons. The van der Waals surface area contributed by atoms with E-state index in [1.54, 1.807) is 5.57 Å². The van der Waals surface area contributed by atoms with Crippen LogP contribution in [0.1, 0.15) is 45.2 Å². The average Bonchev–Trinajstić information content (AvgIpc) is 3.51. The van der Waals surface area contributed by atoms with E-state index < -0.39 is 0 Å². The van der Waals surface area contributed by atoms with Crippen molar-refractivity contribution in [1.82, 2.24) is 0 Å². The van der Waals surface area contributed by atoms with E-state index >= 15 is 0 Å². The van der Waals surface area contributed by atoms with Gasteiger partial charge in [-0.2, -0.15) is 0 Å². The van der Waals surface area contributed by atoms with Gasteiger partial charge >= 0.3 is 0 Å². The highest BCUT2D eigenvalue weighted by Crippen LogP contribution is 2.60. The first-order valence-electron chi connectivity index (χ1n) is 12.6. The molecule has 1 aromatic carbocycles. The van der Waals surface area contributed by atoms with E-state index in [2.05, 4.69) is 109 Å². The number of thioether (sulfide) groups is 1. The molecule has 0 aromatic heterocycles. The molecule has 3 aliphatic rings. The van der Waals surface area contributed by atoms with Gasteiger partial charge in [0.05, 0.1) is 0 Å². The Kier molecular flexibility index (Phi) is 6.89. The van der Waals surface area contributed by atoms with Gasteiger partial charge < -0.3 is 0 Å². The molecule has 1 aromatic rings. The van der Waals surface area contributed by atoms with Gasteiger partial charge in [0.2, 0.25) is 0 Å². The van der Waals surface area contributed by atoms with Crippen LogP contribution < -0.4 is 0 Å². The van der Waals surface area contributed by atoms with Gasteiger partial charge in [-0.1, -0.05) is 113 Å². The minimum absolute atomic E-state index is 0.0389. The summed E-state index contributed by atoms with van der Waals surface area (Å²) in [4.78, 5) is 1.32. The lowest BCUT2D eigenvalue weighted by atomic mass is 9.59. The van der Waals surface area contributed by atoms with E-state index in [9.17, 15) is 0 Å². The molecule has 0 saturated carbocycles. The lowest BCUT2D eigenvalue weighted by Crippen LogP contribution is -2.41. The van der Waals surface area contributed by atoms with Crippen molar-refractivity contribution < 1.29 is 0 Å². The highest BCUT2D eigenvalue weighted by molar-refractivity contribution is 8.03. The van der Waals surface area contributed by atoms with E-state index in [-0.39, 0.29) is 10.8 Å². The van der Waals surface area contributed by atoms with Crippen molar-refractivity contribution >= 4 is 11.8 Å². The van der Waals surface area contributed by atoms with Crippen LogP contribution in [0.2, 0.25) is 0 Å². The van der Waals surface area contributed by atoms with Crippen LogP contribution in [-0.4, -0.2) is 5.75 Å². The monoisotopic (exact) mass is 468 g/mol. The number of aryl methyl sites for hydroxylation is 1. The van der Waals surface area contributed by atoms with Crippen molar-refractivity contribution in [3.8, 4) is 0 Å². The van der Waals surface area contributed by atoms with E-state index in [1.165, 1.54) is 28.0 Å². The Bertz CT molecular complexity index is 1120. The molecule has 1 unspecified atom stereocenters. The molecule has 1 heteroatoms. The zero-order valence-electron chi connectivity index (χ0n) is 21.6. The van der Waals surface area contributed by atoms with Crippen LogP contribution in [0.4, 0.5) is 0 Å². The van der Waals surface area contributed by atoms with E-state index in [0.29, 0.717) is 23.7 Å². The third-order valence-corrected chi connectivity index (χ3v) is 9.52. The van der Waals surface area contributed by atoms with Crippen molar-refractivity contribution in [2.75, 3.05) is 5.75 Å². The Labute approximate surface area is 212 Å². The van der Waals surface area contributed by atoms with Crippen molar-refractivity contribution in [3.63, 3.8) is 0 Å². The predicted molar refractivity (Wildman–Crippen MR) is 152 cm³/mol. The number of hydrogen-bond acceptors (Lipinski definition) is 1. The molecule has 0 bridgehead atoms. The Morgan fingerprint density at radius 3 is 2.56 bits per heavy atom. The molecule has 34 heavy (non-hydrogen) atoms. The summed E-state index contributed by atoms with van der Waals surface area (Å²) < 4.78 is 0. The van der Waals surface area contributed by atoms with E-state index in [1.807, 2.05) is 23.9 Å². The maximum atomic E-state index is 4.28. The summed E-state index contributed by atoms with van der Waals surface area (Å²) in [5.41, 5.74) is 6.66. The van der Waals surface area contributed by atoms with Gasteiger partial charge in [0.25, 0.3) is 0 Å². The van der Waals surface area contributed by atoms with Crippen LogP contribution in [0.3, 0.4) is 0 Å². The number of allylic oxidation sites excluding steroid dienone is 10. The van der Waals surface area contributed by atoms with Crippen molar-refractivity contribution in [2.45, 2.75) is 46.5 Å². The average molecular weight is 469 g/mol. The smallest absolute Gasteiger partial charge is 0.0325 e. The van der Waals surface area contributed by atoms with Gasteiger partial charge in [0.1, 0.15) is 0 Å². The minimum atomic E-state index is 0.0389. The van der Waals surface area contributed by atoms with Gasteiger partial charge in [-0.25, -0.2) is 0 Å². The molecule has 0 saturated heterocycles. The highest BCUT2D eigenvalue weighted by atomic mass is 32.2. The number of rotatable bonds is 8. The summed E-state index contributed by atoms with van der Waals surface area (Å²) in [6.45, 7) is 24.2. The quantitative estimate of drug-likeness (QED) is 0.271. The van der Waals surface area contributed by atoms with Crippen LogP contribution in [-0.2, 0) is 5.41 Å². The Balaban J connectivity index is 1.79. The molecular weight excluding hydrogens is 428 g/mol. The zero-order valence-corrected chi connectivity index (χ0v) is 22.4. The SMILES string of the molecule is C=CC(=C)C1=C[C@H]([C@@]2(C)C=C(C=C)SC[C@H]2CC(C)C)C(C2=C[C@]2(C)c2ccccc2C)C=C1. The normalized spacial score (nSPS) is 32.5. The predicted octanol–water partition coefficient (Wildman–Crippen LogP) is 9.15. The third-order valence-electron chi connectivity index (χ3n) is 8.33. The molecule has 5 atom stereocenters. The maximum Gasteiger partial charge on any atom is 0.0325 e. The second-order valence-corrected chi connectivity index (χ2v) is 12.2. The van der Waals surface area contributed by atoms with Crippen LogP contribution >= 0.6 is 11.8 Å². The second kappa shape index (κ2) is 9.42. The summed E-state index contributed by atoms with van der Waals surface area (Å²) in [6.07, 6.45) is 17.4. The Morgan fingerprint density at radius 1 is 1.18 bits per heavy atom. The minimum Gasteiger partial charge on any atom is -0.126 e. The zero-order chi connectivity index (χ0) is 24.7. The van der Waals surface area contributed by atoms with Crippen molar-refractivity contribution in [3.05, 3.63) is 119 Å². The van der Waals surface area contributed by atoms with E-state index in [0.717, 1.165) is 11.3 Å². The van der Waals surface area contributed by atoms with Gasteiger partial charge in [-0.3, -0.25) is 0 Å². The van der Waals surface area contributed by atoms with Crippen molar-refractivity contribution in [2.24, 2.45) is 29.1 Å². The van der Waals surface area contributed by atoms with Crippen LogP contribution in [0, 0.1) is 36.0 Å². The maximum absolute atomic E-state index is 4.28. The molecule has 1 aliphatic heterocycles. The lowest BCUT2D eigenvalue weighted by Gasteiger charge is -2.48. The molecule has 1 heterocycles. The summed E-state index contributed by atoms with van der Waals surface area (Å²) in [6, 6.07) is 8.86. The fraction of sp³-hybridized carbons (Fsp3) is 0.394.